The molecule has 6 heteroatoms. The second kappa shape index (κ2) is 7.28. The van der Waals surface area contributed by atoms with Gasteiger partial charge in [0.15, 0.2) is 5.78 Å². The molecule has 1 unspecified atom stereocenters. The number of carbonyl (C=O) groups excluding carboxylic acids is 2. The van der Waals surface area contributed by atoms with Crippen LogP contribution in [0.5, 0.6) is 0 Å². The zero-order valence-corrected chi connectivity index (χ0v) is 12.0. The van der Waals surface area contributed by atoms with Crippen molar-refractivity contribution in [3.63, 3.8) is 0 Å². The molecule has 1 N–H and O–H groups in total. The van der Waals surface area contributed by atoms with Gasteiger partial charge in [0, 0.05) is 18.7 Å². The van der Waals surface area contributed by atoms with Crippen LogP contribution < -0.4 is 5.32 Å². The maximum Gasteiger partial charge on any atom is 0.239 e. The molecule has 1 heterocycles. The molecular formula is C15H19FN2O3. The average Bonchev–Trinajstić information content (AvgIpc) is 2.48. The van der Waals surface area contributed by atoms with E-state index in [1.807, 2.05) is 6.92 Å². The minimum atomic E-state index is -0.455. The van der Waals surface area contributed by atoms with Gasteiger partial charge in [0.1, 0.15) is 11.9 Å². The molecule has 1 saturated heterocycles. The van der Waals surface area contributed by atoms with Crippen molar-refractivity contribution in [1.82, 2.24) is 10.2 Å². The molecule has 2 rings (SSSR count). The molecule has 1 aliphatic heterocycles. The third-order valence-corrected chi connectivity index (χ3v) is 3.41. The van der Waals surface area contributed by atoms with Gasteiger partial charge in [-0.1, -0.05) is 0 Å². The van der Waals surface area contributed by atoms with Gasteiger partial charge < -0.3 is 10.1 Å². The number of Topliss-reactive ketones (excluding diaryl/α,β-unsaturated/α-hetero) is 1. The number of carbonyl (C=O) groups is 2. The fraction of sp³-hybridized carbons (Fsp3) is 0.467. The van der Waals surface area contributed by atoms with Crippen molar-refractivity contribution in [1.29, 1.82) is 0 Å². The average molecular weight is 294 g/mol. The molecule has 0 saturated carbocycles. The number of halogens is 1. The first-order valence-electron chi connectivity index (χ1n) is 7.00. The summed E-state index contributed by atoms with van der Waals surface area (Å²) in [6.45, 7) is 3.80. The summed E-state index contributed by atoms with van der Waals surface area (Å²) >= 11 is 0. The molecule has 0 aliphatic carbocycles. The van der Waals surface area contributed by atoms with Crippen molar-refractivity contribution in [3.8, 4) is 0 Å². The van der Waals surface area contributed by atoms with E-state index in [0.29, 0.717) is 25.3 Å². The van der Waals surface area contributed by atoms with Crippen LogP contribution in [-0.4, -0.2) is 55.5 Å². The molecule has 1 fully saturated rings. The number of likely N-dealkylation sites (N-methyl/N-ethyl adjacent to an activating group) is 1. The van der Waals surface area contributed by atoms with Gasteiger partial charge in [0.25, 0.3) is 0 Å². The van der Waals surface area contributed by atoms with Crippen LogP contribution in [0.15, 0.2) is 24.3 Å². The number of benzene rings is 1. The number of nitrogens with one attached hydrogen (secondary N) is 1. The Balaban J connectivity index is 2.03. The van der Waals surface area contributed by atoms with Gasteiger partial charge in [-0.25, -0.2) is 4.39 Å². The predicted molar refractivity (Wildman–Crippen MR) is 75.6 cm³/mol. The SMILES string of the molecule is CCNC(=O)C1COCCN1CC(=O)c1ccc(F)cc1. The van der Waals surface area contributed by atoms with Gasteiger partial charge in [-0.2, -0.15) is 0 Å². The van der Waals surface area contributed by atoms with Crippen LogP contribution in [-0.2, 0) is 9.53 Å². The van der Waals surface area contributed by atoms with E-state index < -0.39 is 6.04 Å². The molecule has 0 bridgehead atoms. The Labute approximate surface area is 123 Å². The lowest BCUT2D eigenvalue weighted by molar-refractivity contribution is -0.131. The van der Waals surface area contributed by atoms with Crippen molar-refractivity contribution in [2.45, 2.75) is 13.0 Å². The predicted octanol–water partition coefficient (Wildman–Crippen LogP) is 0.845. The van der Waals surface area contributed by atoms with Gasteiger partial charge in [-0.3, -0.25) is 14.5 Å². The largest absolute Gasteiger partial charge is 0.378 e. The number of hydrogen-bond acceptors (Lipinski definition) is 4. The van der Waals surface area contributed by atoms with Crippen molar-refractivity contribution in [3.05, 3.63) is 35.6 Å². The molecule has 0 aromatic heterocycles. The molecule has 0 radical (unpaired) electrons. The van der Waals surface area contributed by atoms with E-state index in [-0.39, 0.29) is 30.7 Å². The standard InChI is InChI=1S/C15H19FN2O3/c1-2-17-15(20)13-10-21-8-7-18(13)9-14(19)11-3-5-12(16)6-4-11/h3-6,13H,2,7-10H2,1H3,(H,17,20). The maximum atomic E-state index is 12.9. The number of rotatable bonds is 5. The Morgan fingerprint density at radius 3 is 2.76 bits per heavy atom. The first-order valence-corrected chi connectivity index (χ1v) is 7.00. The van der Waals surface area contributed by atoms with E-state index in [1.54, 1.807) is 4.90 Å². The first-order chi connectivity index (χ1) is 10.1. The highest BCUT2D eigenvalue weighted by Crippen LogP contribution is 2.10. The summed E-state index contributed by atoms with van der Waals surface area (Å²) in [5.74, 6) is -0.645. The second-order valence-electron chi connectivity index (χ2n) is 4.89. The smallest absolute Gasteiger partial charge is 0.239 e. The minimum absolute atomic E-state index is 0.122. The van der Waals surface area contributed by atoms with E-state index in [9.17, 15) is 14.0 Å². The molecule has 21 heavy (non-hydrogen) atoms. The Morgan fingerprint density at radius 2 is 2.10 bits per heavy atom. The van der Waals surface area contributed by atoms with Gasteiger partial charge >= 0.3 is 0 Å². The summed E-state index contributed by atoms with van der Waals surface area (Å²) in [6.07, 6.45) is 0. The van der Waals surface area contributed by atoms with Crippen molar-refractivity contribution >= 4 is 11.7 Å². The van der Waals surface area contributed by atoms with E-state index >= 15 is 0 Å². The summed E-state index contributed by atoms with van der Waals surface area (Å²) < 4.78 is 18.2. The molecule has 1 atom stereocenters. The molecular weight excluding hydrogens is 275 g/mol. The molecule has 1 aliphatic rings. The second-order valence-corrected chi connectivity index (χ2v) is 4.89. The monoisotopic (exact) mass is 294 g/mol. The highest BCUT2D eigenvalue weighted by Gasteiger charge is 2.30. The molecule has 0 spiro atoms. The fourth-order valence-electron chi connectivity index (χ4n) is 2.27. The van der Waals surface area contributed by atoms with Crippen molar-refractivity contribution in [2.75, 3.05) is 32.8 Å². The molecule has 5 nitrogen and oxygen atoms in total. The van der Waals surface area contributed by atoms with E-state index in [4.69, 9.17) is 4.74 Å². The number of ketones is 1. The summed E-state index contributed by atoms with van der Waals surface area (Å²) in [6, 6.07) is 4.98. The molecule has 1 amide bonds. The quantitative estimate of drug-likeness (QED) is 0.818. The molecule has 1 aromatic rings. The maximum absolute atomic E-state index is 12.9. The van der Waals surface area contributed by atoms with Gasteiger partial charge in [-0.15, -0.1) is 0 Å². The molecule has 114 valence electrons. The first kappa shape index (κ1) is 15.6. The molecule has 1 aromatic carbocycles. The number of nitrogens with zero attached hydrogens (tertiary/aromatic N) is 1. The van der Waals surface area contributed by atoms with Crippen LogP contribution in [0.25, 0.3) is 0 Å². The lowest BCUT2D eigenvalue weighted by Gasteiger charge is -2.33. The van der Waals surface area contributed by atoms with Crippen LogP contribution in [0.2, 0.25) is 0 Å². The van der Waals surface area contributed by atoms with Gasteiger partial charge in [0.05, 0.1) is 19.8 Å². The number of amides is 1. The summed E-state index contributed by atoms with van der Waals surface area (Å²) in [7, 11) is 0. The van der Waals surface area contributed by atoms with E-state index in [0.717, 1.165) is 0 Å². The van der Waals surface area contributed by atoms with E-state index in [2.05, 4.69) is 5.32 Å². The van der Waals surface area contributed by atoms with Crippen LogP contribution >= 0.6 is 0 Å². The topological polar surface area (TPSA) is 58.6 Å². The third kappa shape index (κ3) is 4.09. The Morgan fingerprint density at radius 1 is 1.38 bits per heavy atom. The minimum Gasteiger partial charge on any atom is -0.378 e. The zero-order chi connectivity index (χ0) is 15.2. The van der Waals surface area contributed by atoms with Crippen LogP contribution in [0.1, 0.15) is 17.3 Å². The van der Waals surface area contributed by atoms with Crippen LogP contribution in [0, 0.1) is 5.82 Å². The summed E-state index contributed by atoms with van der Waals surface area (Å²) in [4.78, 5) is 26.0. The number of morpholine rings is 1. The van der Waals surface area contributed by atoms with Gasteiger partial charge in [0.2, 0.25) is 5.91 Å². The highest BCUT2D eigenvalue weighted by molar-refractivity contribution is 5.98. The van der Waals surface area contributed by atoms with Gasteiger partial charge in [-0.05, 0) is 31.2 Å². The Hall–Kier alpha value is -1.79. The lowest BCUT2D eigenvalue weighted by atomic mass is 10.1. The highest BCUT2D eigenvalue weighted by atomic mass is 19.1. The van der Waals surface area contributed by atoms with E-state index in [1.165, 1.54) is 24.3 Å². The Kier molecular flexibility index (Phi) is 5.41. The van der Waals surface area contributed by atoms with Crippen molar-refractivity contribution < 1.29 is 18.7 Å². The number of ether oxygens (including phenoxy) is 1. The normalized spacial score (nSPS) is 19.2. The zero-order valence-electron chi connectivity index (χ0n) is 12.0. The number of hydrogen-bond donors (Lipinski definition) is 1. The third-order valence-electron chi connectivity index (χ3n) is 3.41. The summed E-state index contributed by atoms with van der Waals surface area (Å²) in [5, 5.41) is 2.74. The lowest BCUT2D eigenvalue weighted by Crippen LogP contribution is -2.55. The van der Waals surface area contributed by atoms with Crippen molar-refractivity contribution in [2.24, 2.45) is 0 Å². The van der Waals surface area contributed by atoms with Crippen LogP contribution in [0.3, 0.4) is 0 Å². The Bertz CT molecular complexity index is 504. The summed E-state index contributed by atoms with van der Waals surface area (Å²) in [5.41, 5.74) is 0.442. The fourth-order valence-corrected chi connectivity index (χ4v) is 2.27. The van der Waals surface area contributed by atoms with Crippen LogP contribution in [0.4, 0.5) is 4.39 Å².